The van der Waals surface area contributed by atoms with Gasteiger partial charge in [-0.3, -0.25) is 9.78 Å². The second kappa shape index (κ2) is 7.20. The van der Waals surface area contributed by atoms with E-state index in [1.165, 1.54) is 0 Å². The second-order valence-corrected chi connectivity index (χ2v) is 4.83. The molecule has 0 bridgehead atoms. The molecule has 1 aromatic carbocycles. The molecule has 0 saturated carbocycles. The van der Waals surface area contributed by atoms with Crippen molar-refractivity contribution in [3.63, 3.8) is 0 Å². The van der Waals surface area contributed by atoms with Crippen LogP contribution in [0.1, 0.15) is 10.4 Å². The third kappa shape index (κ3) is 3.60. The molecule has 4 nitrogen and oxygen atoms in total. The van der Waals surface area contributed by atoms with Crippen LogP contribution < -0.4 is 5.32 Å². The Balaban J connectivity index is 0.00000161. The number of pyridine rings is 1. The van der Waals surface area contributed by atoms with Gasteiger partial charge in [0.25, 0.3) is 5.91 Å². The molecule has 1 aliphatic heterocycles. The first-order valence-electron chi connectivity index (χ1n) is 6.86. The summed E-state index contributed by atoms with van der Waals surface area (Å²) in [5.74, 6) is 0.110. The Labute approximate surface area is 130 Å². The highest BCUT2D eigenvalue weighted by Gasteiger charge is 2.17. The van der Waals surface area contributed by atoms with Gasteiger partial charge in [0.15, 0.2) is 0 Å². The number of benzene rings is 1. The first-order chi connectivity index (χ1) is 9.84. The molecule has 5 heteroatoms. The minimum atomic E-state index is 0. The maximum Gasteiger partial charge on any atom is 0.253 e. The summed E-state index contributed by atoms with van der Waals surface area (Å²) in [5.41, 5.74) is 2.70. The molecule has 110 valence electrons. The van der Waals surface area contributed by atoms with Crippen LogP contribution >= 0.6 is 12.4 Å². The summed E-state index contributed by atoms with van der Waals surface area (Å²) < 4.78 is 0. The van der Waals surface area contributed by atoms with Crippen molar-refractivity contribution >= 4 is 18.3 Å². The molecule has 0 atom stereocenters. The lowest BCUT2D eigenvalue weighted by Gasteiger charge is -2.27. The maximum atomic E-state index is 12.3. The topological polar surface area (TPSA) is 45.2 Å². The van der Waals surface area contributed by atoms with Gasteiger partial charge in [0, 0.05) is 43.5 Å². The number of nitrogens with zero attached hydrogens (tertiary/aromatic N) is 2. The van der Waals surface area contributed by atoms with Crippen LogP contribution in [0.4, 0.5) is 0 Å². The summed E-state index contributed by atoms with van der Waals surface area (Å²) in [6.45, 7) is 3.30. The van der Waals surface area contributed by atoms with Crippen molar-refractivity contribution in [1.29, 1.82) is 0 Å². The van der Waals surface area contributed by atoms with Crippen molar-refractivity contribution in [1.82, 2.24) is 15.2 Å². The van der Waals surface area contributed by atoms with Gasteiger partial charge < -0.3 is 10.2 Å². The number of carbonyl (C=O) groups is 1. The van der Waals surface area contributed by atoms with Crippen molar-refractivity contribution < 1.29 is 4.79 Å². The highest BCUT2D eigenvalue weighted by Crippen LogP contribution is 2.17. The number of rotatable bonds is 2. The predicted molar refractivity (Wildman–Crippen MR) is 85.7 cm³/mol. The standard InChI is InChI=1S/C16H17N3O.ClH/c20-16(19-11-9-17-10-12-19)14-6-4-13(5-7-14)15-3-1-2-8-18-15;/h1-8,17H,9-12H2;1H. The first kappa shape index (κ1) is 15.5. The highest BCUT2D eigenvalue weighted by molar-refractivity contribution is 5.94. The molecule has 0 spiro atoms. The van der Waals surface area contributed by atoms with Crippen molar-refractivity contribution in [3.05, 3.63) is 54.2 Å². The van der Waals surface area contributed by atoms with Gasteiger partial charge in [-0.1, -0.05) is 18.2 Å². The van der Waals surface area contributed by atoms with Crippen LogP contribution in [0.2, 0.25) is 0 Å². The zero-order chi connectivity index (χ0) is 13.8. The summed E-state index contributed by atoms with van der Waals surface area (Å²) in [4.78, 5) is 18.5. The molecule has 21 heavy (non-hydrogen) atoms. The lowest BCUT2D eigenvalue weighted by atomic mass is 10.1. The Morgan fingerprint density at radius 3 is 2.38 bits per heavy atom. The number of carbonyl (C=O) groups excluding carboxylic acids is 1. The molecule has 1 aromatic heterocycles. The number of halogens is 1. The van der Waals surface area contributed by atoms with Gasteiger partial charge in [0.05, 0.1) is 5.69 Å². The van der Waals surface area contributed by atoms with E-state index in [4.69, 9.17) is 0 Å². The van der Waals surface area contributed by atoms with Gasteiger partial charge in [-0.15, -0.1) is 12.4 Å². The molecule has 1 fully saturated rings. The fraction of sp³-hybridized carbons (Fsp3) is 0.250. The fourth-order valence-corrected chi connectivity index (χ4v) is 2.37. The van der Waals surface area contributed by atoms with Crippen LogP contribution in [0.5, 0.6) is 0 Å². The Bertz CT molecular complexity index is 580. The van der Waals surface area contributed by atoms with Gasteiger partial charge in [-0.2, -0.15) is 0 Å². The molecule has 1 N–H and O–H groups in total. The third-order valence-corrected chi connectivity index (χ3v) is 3.50. The van der Waals surface area contributed by atoms with Crippen LogP contribution in [0.15, 0.2) is 48.7 Å². The smallest absolute Gasteiger partial charge is 0.253 e. The number of piperazine rings is 1. The zero-order valence-electron chi connectivity index (χ0n) is 11.7. The average molecular weight is 304 g/mol. The van der Waals surface area contributed by atoms with Crippen molar-refractivity contribution in [2.24, 2.45) is 0 Å². The number of nitrogens with one attached hydrogen (secondary N) is 1. The van der Waals surface area contributed by atoms with Crippen molar-refractivity contribution in [3.8, 4) is 11.3 Å². The molecule has 1 aliphatic rings. The lowest BCUT2D eigenvalue weighted by Crippen LogP contribution is -2.46. The average Bonchev–Trinajstić information content (AvgIpc) is 2.56. The maximum absolute atomic E-state index is 12.3. The van der Waals surface area contributed by atoms with Crippen LogP contribution in [-0.4, -0.2) is 42.0 Å². The van der Waals surface area contributed by atoms with Crippen LogP contribution in [0, 0.1) is 0 Å². The number of hydrogen-bond donors (Lipinski definition) is 1. The Morgan fingerprint density at radius 1 is 1.05 bits per heavy atom. The Hall–Kier alpha value is -1.91. The van der Waals surface area contributed by atoms with Gasteiger partial charge >= 0.3 is 0 Å². The molecule has 2 heterocycles. The monoisotopic (exact) mass is 303 g/mol. The van der Waals surface area contributed by atoms with E-state index in [0.717, 1.165) is 43.0 Å². The van der Waals surface area contributed by atoms with E-state index in [2.05, 4.69) is 10.3 Å². The van der Waals surface area contributed by atoms with Crippen LogP contribution in [0.25, 0.3) is 11.3 Å². The lowest BCUT2D eigenvalue weighted by molar-refractivity contribution is 0.0736. The van der Waals surface area contributed by atoms with Crippen LogP contribution in [-0.2, 0) is 0 Å². The minimum absolute atomic E-state index is 0. The molecule has 3 rings (SSSR count). The predicted octanol–water partition coefficient (Wildman–Crippen LogP) is 2.22. The van der Waals surface area contributed by atoms with E-state index in [1.54, 1.807) is 6.20 Å². The summed E-state index contributed by atoms with van der Waals surface area (Å²) in [6, 6.07) is 13.5. The van der Waals surface area contributed by atoms with Crippen LogP contribution in [0.3, 0.4) is 0 Å². The zero-order valence-corrected chi connectivity index (χ0v) is 12.5. The highest BCUT2D eigenvalue weighted by atomic mass is 35.5. The quantitative estimate of drug-likeness (QED) is 0.925. The molecular formula is C16H18ClN3O. The van der Waals surface area contributed by atoms with E-state index in [1.807, 2.05) is 47.4 Å². The molecule has 1 amide bonds. The van der Waals surface area contributed by atoms with Gasteiger partial charge in [0.2, 0.25) is 0 Å². The van der Waals surface area contributed by atoms with E-state index in [-0.39, 0.29) is 18.3 Å². The second-order valence-electron chi connectivity index (χ2n) is 4.83. The summed E-state index contributed by atoms with van der Waals surface area (Å²) >= 11 is 0. The SMILES string of the molecule is Cl.O=C(c1ccc(-c2ccccn2)cc1)N1CCNCC1. The molecule has 0 radical (unpaired) electrons. The van der Waals surface area contributed by atoms with E-state index < -0.39 is 0 Å². The van der Waals surface area contributed by atoms with Gasteiger partial charge in [-0.25, -0.2) is 0 Å². The minimum Gasteiger partial charge on any atom is -0.336 e. The fourth-order valence-electron chi connectivity index (χ4n) is 2.37. The molecule has 1 saturated heterocycles. The molecule has 0 unspecified atom stereocenters. The number of amides is 1. The molecular weight excluding hydrogens is 286 g/mol. The van der Waals surface area contributed by atoms with Crippen molar-refractivity contribution in [2.45, 2.75) is 0 Å². The van der Waals surface area contributed by atoms with Gasteiger partial charge in [-0.05, 0) is 24.3 Å². The number of hydrogen-bond acceptors (Lipinski definition) is 3. The largest absolute Gasteiger partial charge is 0.336 e. The Morgan fingerprint density at radius 2 is 1.76 bits per heavy atom. The normalized spacial score (nSPS) is 14.4. The Kier molecular flexibility index (Phi) is 5.31. The summed E-state index contributed by atoms with van der Waals surface area (Å²) in [6.07, 6.45) is 1.77. The van der Waals surface area contributed by atoms with E-state index in [9.17, 15) is 4.79 Å². The van der Waals surface area contributed by atoms with E-state index >= 15 is 0 Å². The van der Waals surface area contributed by atoms with Crippen molar-refractivity contribution in [2.75, 3.05) is 26.2 Å². The summed E-state index contributed by atoms with van der Waals surface area (Å²) in [7, 11) is 0. The van der Waals surface area contributed by atoms with E-state index in [0.29, 0.717) is 0 Å². The number of aromatic nitrogens is 1. The first-order valence-corrected chi connectivity index (χ1v) is 6.86. The molecule has 2 aromatic rings. The third-order valence-electron chi connectivity index (χ3n) is 3.50. The molecule has 0 aliphatic carbocycles. The van der Waals surface area contributed by atoms with Gasteiger partial charge in [0.1, 0.15) is 0 Å². The summed E-state index contributed by atoms with van der Waals surface area (Å²) in [5, 5.41) is 3.25.